The monoisotopic (exact) mass is 259 g/mol. The Morgan fingerprint density at radius 2 is 1.89 bits per heavy atom. The van der Waals surface area contributed by atoms with Gasteiger partial charge in [0.15, 0.2) is 0 Å². The molecule has 2 heterocycles. The van der Waals surface area contributed by atoms with Crippen molar-refractivity contribution in [1.29, 1.82) is 0 Å². The molecule has 4 heteroatoms. The molecule has 3 nitrogen and oxygen atoms in total. The van der Waals surface area contributed by atoms with Crippen molar-refractivity contribution in [2.45, 2.75) is 32.6 Å². The Bertz CT molecular complexity index is 582. The molecule has 0 amide bonds. The summed E-state index contributed by atoms with van der Waals surface area (Å²) in [6.45, 7) is 6.47. The summed E-state index contributed by atoms with van der Waals surface area (Å²) >= 11 is 5.23. The summed E-state index contributed by atoms with van der Waals surface area (Å²) in [5.41, 5.74) is 2.34. The molecule has 0 aromatic carbocycles. The van der Waals surface area contributed by atoms with Crippen LogP contribution in [0.3, 0.4) is 0 Å². The average molecular weight is 259 g/mol. The molecule has 0 saturated heterocycles. The summed E-state index contributed by atoms with van der Waals surface area (Å²) < 4.78 is 0.641. The number of pyridine rings is 1. The molecule has 0 radical (unpaired) electrons. The first-order valence-electron chi connectivity index (χ1n) is 5.95. The summed E-state index contributed by atoms with van der Waals surface area (Å²) in [5.74, 6) is 0.902. The number of hydrogen-bond acceptors (Lipinski definition) is 3. The molecule has 0 saturated carbocycles. The van der Waals surface area contributed by atoms with Gasteiger partial charge in [0.2, 0.25) is 0 Å². The van der Waals surface area contributed by atoms with Gasteiger partial charge in [0, 0.05) is 29.9 Å². The second-order valence-corrected chi connectivity index (χ2v) is 5.78. The van der Waals surface area contributed by atoms with Gasteiger partial charge in [0.25, 0.3) is 0 Å². The van der Waals surface area contributed by atoms with Crippen molar-refractivity contribution in [3.63, 3.8) is 0 Å². The fraction of sp³-hybridized carbons (Fsp3) is 0.357. The van der Waals surface area contributed by atoms with E-state index in [1.807, 2.05) is 18.2 Å². The standard InChI is InChI=1S/C14H17N3S/c1-14(2,3)11-9-13(18)17-12(16-11)8-10-4-6-15-7-5-10/h4-7,9H,8H2,1-3H3,(H,16,17,18). The van der Waals surface area contributed by atoms with Crippen LogP contribution in [0.4, 0.5) is 0 Å². The molecule has 0 unspecified atom stereocenters. The average Bonchev–Trinajstić information content (AvgIpc) is 2.28. The molecule has 0 fully saturated rings. The van der Waals surface area contributed by atoms with Gasteiger partial charge in [-0.3, -0.25) is 4.98 Å². The summed E-state index contributed by atoms with van der Waals surface area (Å²) in [6.07, 6.45) is 4.32. The highest BCUT2D eigenvalue weighted by Gasteiger charge is 2.15. The second-order valence-electron chi connectivity index (χ2n) is 5.36. The molecule has 2 aromatic rings. The number of nitrogens with one attached hydrogen (secondary N) is 1. The Morgan fingerprint density at radius 1 is 1.22 bits per heavy atom. The van der Waals surface area contributed by atoms with Gasteiger partial charge in [-0.1, -0.05) is 33.0 Å². The van der Waals surface area contributed by atoms with Crippen LogP contribution in [-0.2, 0) is 11.8 Å². The highest BCUT2D eigenvalue weighted by molar-refractivity contribution is 7.71. The van der Waals surface area contributed by atoms with Crippen LogP contribution < -0.4 is 0 Å². The first kappa shape index (κ1) is 12.9. The maximum Gasteiger partial charge on any atom is 0.130 e. The van der Waals surface area contributed by atoms with E-state index < -0.39 is 0 Å². The molecular formula is C14H17N3S. The number of rotatable bonds is 2. The van der Waals surface area contributed by atoms with E-state index in [1.54, 1.807) is 12.4 Å². The molecule has 0 aliphatic heterocycles. The van der Waals surface area contributed by atoms with Crippen molar-refractivity contribution >= 4 is 12.2 Å². The maximum atomic E-state index is 5.23. The maximum absolute atomic E-state index is 5.23. The molecule has 18 heavy (non-hydrogen) atoms. The zero-order valence-electron chi connectivity index (χ0n) is 10.9. The summed E-state index contributed by atoms with van der Waals surface area (Å²) in [7, 11) is 0. The topological polar surface area (TPSA) is 41.6 Å². The van der Waals surface area contributed by atoms with Gasteiger partial charge < -0.3 is 4.98 Å². The van der Waals surface area contributed by atoms with Crippen LogP contribution in [0, 0.1) is 4.64 Å². The zero-order chi connectivity index (χ0) is 13.2. The van der Waals surface area contributed by atoms with E-state index >= 15 is 0 Å². The van der Waals surface area contributed by atoms with Gasteiger partial charge in [0.1, 0.15) is 10.5 Å². The van der Waals surface area contributed by atoms with Crippen LogP contribution in [-0.4, -0.2) is 15.0 Å². The highest BCUT2D eigenvalue weighted by atomic mass is 32.1. The Kier molecular flexibility index (Phi) is 3.57. The number of hydrogen-bond donors (Lipinski definition) is 1. The van der Waals surface area contributed by atoms with Gasteiger partial charge in [-0.15, -0.1) is 0 Å². The normalized spacial score (nSPS) is 11.5. The third-order valence-corrected chi connectivity index (χ3v) is 2.93. The van der Waals surface area contributed by atoms with Gasteiger partial charge in [-0.2, -0.15) is 0 Å². The molecule has 94 valence electrons. The predicted octanol–water partition coefficient (Wildman–Crippen LogP) is 3.42. The van der Waals surface area contributed by atoms with Crippen molar-refractivity contribution in [2.24, 2.45) is 0 Å². The summed E-state index contributed by atoms with van der Waals surface area (Å²) in [4.78, 5) is 11.8. The minimum atomic E-state index is 0.0451. The van der Waals surface area contributed by atoms with Crippen molar-refractivity contribution in [1.82, 2.24) is 15.0 Å². The highest BCUT2D eigenvalue weighted by Crippen LogP contribution is 2.20. The third-order valence-electron chi connectivity index (χ3n) is 2.72. The fourth-order valence-corrected chi connectivity index (χ4v) is 1.92. The minimum absolute atomic E-state index is 0.0451. The number of nitrogens with zero attached hydrogens (tertiary/aromatic N) is 2. The fourth-order valence-electron chi connectivity index (χ4n) is 1.69. The van der Waals surface area contributed by atoms with E-state index in [2.05, 4.69) is 35.7 Å². The predicted molar refractivity (Wildman–Crippen MR) is 75.2 cm³/mol. The molecule has 2 rings (SSSR count). The number of aromatic nitrogens is 3. The van der Waals surface area contributed by atoms with Crippen LogP contribution in [0.5, 0.6) is 0 Å². The van der Waals surface area contributed by atoms with Crippen molar-refractivity contribution in [3.05, 3.63) is 52.3 Å². The summed E-state index contributed by atoms with van der Waals surface area (Å²) in [5, 5.41) is 0. The Morgan fingerprint density at radius 3 is 2.50 bits per heavy atom. The SMILES string of the molecule is CC(C)(C)c1cc(=S)nc(Cc2ccncc2)[nH]1. The lowest BCUT2D eigenvalue weighted by atomic mass is 9.92. The Hall–Kier alpha value is -1.55. The van der Waals surface area contributed by atoms with E-state index in [1.165, 1.54) is 5.56 Å². The molecule has 0 spiro atoms. The van der Waals surface area contributed by atoms with Crippen LogP contribution in [0.25, 0.3) is 0 Å². The van der Waals surface area contributed by atoms with Crippen molar-refractivity contribution in [2.75, 3.05) is 0 Å². The lowest BCUT2D eigenvalue weighted by Gasteiger charge is -2.19. The quantitative estimate of drug-likeness (QED) is 0.840. The molecule has 0 aliphatic rings. The van der Waals surface area contributed by atoms with Crippen LogP contribution in [0.2, 0.25) is 0 Å². The van der Waals surface area contributed by atoms with E-state index in [0.717, 1.165) is 17.9 Å². The first-order valence-corrected chi connectivity index (χ1v) is 6.35. The van der Waals surface area contributed by atoms with Crippen LogP contribution in [0.1, 0.15) is 37.9 Å². The van der Waals surface area contributed by atoms with E-state index in [0.29, 0.717) is 4.64 Å². The lowest BCUT2D eigenvalue weighted by Crippen LogP contribution is -2.15. The number of H-pyrrole nitrogens is 1. The molecule has 2 aromatic heterocycles. The van der Waals surface area contributed by atoms with Gasteiger partial charge in [-0.25, -0.2) is 4.98 Å². The lowest BCUT2D eigenvalue weighted by molar-refractivity contribution is 0.562. The molecular weight excluding hydrogens is 242 g/mol. The van der Waals surface area contributed by atoms with Crippen molar-refractivity contribution in [3.8, 4) is 0 Å². The van der Waals surface area contributed by atoms with Crippen molar-refractivity contribution < 1.29 is 0 Å². The Balaban J connectivity index is 2.35. The van der Waals surface area contributed by atoms with E-state index in [4.69, 9.17) is 12.2 Å². The van der Waals surface area contributed by atoms with E-state index in [9.17, 15) is 0 Å². The minimum Gasteiger partial charge on any atom is -0.346 e. The molecule has 0 atom stereocenters. The molecule has 1 N–H and O–H groups in total. The number of aromatic amines is 1. The third kappa shape index (κ3) is 3.23. The summed E-state index contributed by atoms with van der Waals surface area (Å²) in [6, 6.07) is 5.91. The smallest absolute Gasteiger partial charge is 0.130 e. The van der Waals surface area contributed by atoms with Gasteiger partial charge in [-0.05, 0) is 23.8 Å². The second kappa shape index (κ2) is 4.98. The van der Waals surface area contributed by atoms with Crippen LogP contribution in [0.15, 0.2) is 30.6 Å². The largest absolute Gasteiger partial charge is 0.346 e. The molecule has 0 aliphatic carbocycles. The zero-order valence-corrected chi connectivity index (χ0v) is 11.7. The molecule has 0 bridgehead atoms. The van der Waals surface area contributed by atoms with Gasteiger partial charge in [0.05, 0.1) is 0 Å². The van der Waals surface area contributed by atoms with E-state index in [-0.39, 0.29) is 5.41 Å². The van der Waals surface area contributed by atoms with Gasteiger partial charge >= 0.3 is 0 Å². The van der Waals surface area contributed by atoms with Crippen LogP contribution >= 0.6 is 12.2 Å². The Labute approximate surface area is 112 Å². The first-order chi connectivity index (χ1) is 8.45.